The summed E-state index contributed by atoms with van der Waals surface area (Å²) in [5, 5.41) is 16.3. The van der Waals surface area contributed by atoms with E-state index in [9.17, 15) is 4.79 Å². The predicted octanol–water partition coefficient (Wildman–Crippen LogP) is 3.84. The van der Waals surface area contributed by atoms with Crippen LogP contribution in [0.1, 0.15) is 42.9 Å². The normalized spacial score (nSPS) is 18.5. The molecule has 2 heterocycles. The van der Waals surface area contributed by atoms with Gasteiger partial charge in [0.15, 0.2) is 0 Å². The van der Waals surface area contributed by atoms with E-state index in [0.29, 0.717) is 11.0 Å². The van der Waals surface area contributed by atoms with Crippen LogP contribution < -0.4 is 10.2 Å². The number of aromatic nitrogens is 4. The van der Waals surface area contributed by atoms with Crippen LogP contribution in [0.25, 0.3) is 5.70 Å². The van der Waals surface area contributed by atoms with Gasteiger partial charge >= 0.3 is 0 Å². The number of hydrogen-bond acceptors (Lipinski definition) is 5. The monoisotopic (exact) mass is 434 g/mol. The first kappa shape index (κ1) is 19.8. The summed E-state index contributed by atoms with van der Waals surface area (Å²) >= 11 is 6.12. The number of fused-ring (bicyclic) bond motifs is 1. The van der Waals surface area contributed by atoms with Crippen LogP contribution in [-0.4, -0.2) is 38.7 Å². The third-order valence-corrected chi connectivity index (χ3v) is 6.14. The van der Waals surface area contributed by atoms with Gasteiger partial charge in [0, 0.05) is 11.1 Å². The number of amides is 1. The molecule has 1 amide bonds. The van der Waals surface area contributed by atoms with Gasteiger partial charge in [0.05, 0.1) is 5.70 Å². The van der Waals surface area contributed by atoms with Gasteiger partial charge in [-0.05, 0) is 52.6 Å². The fourth-order valence-electron chi connectivity index (χ4n) is 4.37. The van der Waals surface area contributed by atoms with Gasteiger partial charge in [0.25, 0.3) is 5.95 Å². The van der Waals surface area contributed by atoms with Crippen molar-refractivity contribution >= 4 is 29.2 Å². The number of anilines is 1. The highest BCUT2D eigenvalue weighted by Gasteiger charge is 2.32. The van der Waals surface area contributed by atoms with E-state index in [1.807, 2.05) is 47.4 Å². The number of nitrogens with one attached hydrogen (secondary N) is 1. The first-order valence-electron chi connectivity index (χ1n) is 10.6. The molecule has 2 aliphatic rings. The van der Waals surface area contributed by atoms with Crippen molar-refractivity contribution in [3.05, 3.63) is 76.8 Å². The number of carbonyl (C=O) groups is 1. The van der Waals surface area contributed by atoms with E-state index in [0.717, 1.165) is 29.7 Å². The SMILES string of the molecule is O=C(CN1C(c2ccc(Cl)cc2)=C[C@H](c2ccccc2)n2nnnc21)NC1CCCC1. The molecule has 0 bridgehead atoms. The molecule has 0 radical (unpaired) electrons. The van der Waals surface area contributed by atoms with Crippen molar-refractivity contribution in [2.75, 3.05) is 11.4 Å². The maximum atomic E-state index is 12.9. The third-order valence-electron chi connectivity index (χ3n) is 5.89. The maximum Gasteiger partial charge on any atom is 0.251 e. The fourth-order valence-corrected chi connectivity index (χ4v) is 4.49. The van der Waals surface area contributed by atoms with Crippen molar-refractivity contribution in [3.63, 3.8) is 0 Å². The summed E-state index contributed by atoms with van der Waals surface area (Å²) in [5.41, 5.74) is 2.90. The van der Waals surface area contributed by atoms with Crippen molar-refractivity contribution in [1.82, 2.24) is 25.5 Å². The summed E-state index contributed by atoms with van der Waals surface area (Å²) in [6, 6.07) is 17.8. The summed E-state index contributed by atoms with van der Waals surface area (Å²) in [4.78, 5) is 14.8. The molecule has 0 unspecified atom stereocenters. The first-order chi connectivity index (χ1) is 15.2. The van der Waals surface area contributed by atoms with Crippen molar-refractivity contribution in [1.29, 1.82) is 0 Å². The molecule has 31 heavy (non-hydrogen) atoms. The molecule has 1 fully saturated rings. The van der Waals surface area contributed by atoms with Crippen LogP contribution in [0.4, 0.5) is 5.95 Å². The Balaban J connectivity index is 1.53. The number of benzene rings is 2. The summed E-state index contributed by atoms with van der Waals surface area (Å²) in [5.74, 6) is 0.516. The topological polar surface area (TPSA) is 75.9 Å². The zero-order valence-corrected chi connectivity index (χ0v) is 17.7. The molecular formula is C23H23ClN6O. The number of carbonyl (C=O) groups excluding carboxylic acids is 1. The lowest BCUT2D eigenvalue weighted by molar-refractivity contribution is -0.120. The Kier molecular flexibility index (Phi) is 5.42. The molecule has 1 aliphatic heterocycles. The largest absolute Gasteiger partial charge is 0.352 e. The minimum atomic E-state index is -0.175. The molecule has 0 spiro atoms. The Hall–Kier alpha value is -3.19. The Morgan fingerprint density at radius 1 is 1.06 bits per heavy atom. The molecule has 1 saturated carbocycles. The summed E-state index contributed by atoms with van der Waals surface area (Å²) in [6.07, 6.45) is 6.52. The van der Waals surface area contributed by atoms with Crippen LogP contribution in [0.2, 0.25) is 5.02 Å². The maximum absolute atomic E-state index is 12.9. The molecule has 0 saturated heterocycles. The molecule has 1 aromatic heterocycles. The zero-order valence-electron chi connectivity index (χ0n) is 17.0. The summed E-state index contributed by atoms with van der Waals surface area (Å²) < 4.78 is 1.76. The molecule has 7 nitrogen and oxygen atoms in total. The molecule has 3 aromatic rings. The van der Waals surface area contributed by atoms with E-state index >= 15 is 0 Å². The highest BCUT2D eigenvalue weighted by atomic mass is 35.5. The highest BCUT2D eigenvalue weighted by molar-refractivity contribution is 6.30. The summed E-state index contributed by atoms with van der Waals surface area (Å²) in [6.45, 7) is 0.146. The fraction of sp³-hybridized carbons (Fsp3) is 0.304. The lowest BCUT2D eigenvalue weighted by atomic mass is 10.0. The van der Waals surface area contributed by atoms with Gasteiger partial charge < -0.3 is 5.32 Å². The molecule has 1 N–H and O–H groups in total. The average molecular weight is 435 g/mol. The third kappa shape index (κ3) is 4.05. The minimum Gasteiger partial charge on any atom is -0.352 e. The van der Waals surface area contributed by atoms with Crippen LogP contribution in [0, 0.1) is 0 Å². The van der Waals surface area contributed by atoms with Crippen molar-refractivity contribution in [2.45, 2.75) is 37.8 Å². The number of tetrazole rings is 1. The van der Waals surface area contributed by atoms with Gasteiger partial charge in [-0.2, -0.15) is 4.68 Å². The smallest absolute Gasteiger partial charge is 0.251 e. The second-order valence-corrected chi connectivity index (χ2v) is 8.41. The van der Waals surface area contributed by atoms with E-state index in [1.165, 1.54) is 12.8 Å². The number of nitrogens with zero attached hydrogens (tertiary/aromatic N) is 5. The molecule has 2 aromatic carbocycles. The van der Waals surface area contributed by atoms with Gasteiger partial charge in [-0.3, -0.25) is 9.69 Å². The van der Waals surface area contributed by atoms with E-state index in [2.05, 4.69) is 39.1 Å². The zero-order chi connectivity index (χ0) is 21.2. The number of halogens is 1. The number of hydrogen-bond donors (Lipinski definition) is 1. The average Bonchev–Trinajstić information content (AvgIpc) is 3.47. The van der Waals surface area contributed by atoms with Crippen LogP contribution in [0.5, 0.6) is 0 Å². The second-order valence-electron chi connectivity index (χ2n) is 7.97. The van der Waals surface area contributed by atoms with Gasteiger partial charge in [0.1, 0.15) is 12.6 Å². The Morgan fingerprint density at radius 2 is 1.81 bits per heavy atom. The minimum absolute atomic E-state index is 0.0283. The van der Waals surface area contributed by atoms with E-state index in [1.54, 1.807) is 4.68 Å². The predicted molar refractivity (Wildman–Crippen MR) is 120 cm³/mol. The molecule has 5 rings (SSSR count). The van der Waals surface area contributed by atoms with Crippen molar-refractivity contribution in [2.24, 2.45) is 0 Å². The van der Waals surface area contributed by atoms with E-state index in [-0.39, 0.29) is 24.5 Å². The van der Waals surface area contributed by atoms with Crippen LogP contribution in [-0.2, 0) is 4.79 Å². The van der Waals surface area contributed by atoms with Gasteiger partial charge in [-0.15, -0.1) is 0 Å². The van der Waals surface area contributed by atoms with E-state index in [4.69, 9.17) is 11.6 Å². The Morgan fingerprint density at radius 3 is 2.55 bits per heavy atom. The molecule has 8 heteroatoms. The quantitative estimate of drug-likeness (QED) is 0.660. The van der Waals surface area contributed by atoms with Crippen molar-refractivity contribution < 1.29 is 4.79 Å². The van der Waals surface area contributed by atoms with Crippen molar-refractivity contribution in [3.8, 4) is 0 Å². The Bertz CT molecular complexity index is 1090. The standard InChI is InChI=1S/C23H23ClN6O/c24-18-12-10-17(11-13-18)20-14-21(16-6-2-1-3-7-16)30-23(26-27-28-30)29(20)15-22(31)25-19-8-4-5-9-19/h1-3,6-7,10-14,19,21H,4-5,8-9,15H2,(H,25,31)/t21-/m1/s1. The van der Waals surface area contributed by atoms with Gasteiger partial charge in [-0.25, -0.2) is 0 Å². The second kappa shape index (κ2) is 8.51. The lowest BCUT2D eigenvalue weighted by Crippen LogP contribution is -2.42. The molecule has 1 atom stereocenters. The molecule has 158 valence electrons. The van der Waals surface area contributed by atoms with Gasteiger partial charge in [0.2, 0.25) is 5.91 Å². The first-order valence-corrected chi connectivity index (χ1v) is 10.9. The van der Waals surface area contributed by atoms with Crippen LogP contribution in [0.15, 0.2) is 60.7 Å². The van der Waals surface area contributed by atoms with Gasteiger partial charge in [-0.1, -0.05) is 72.0 Å². The number of allylic oxidation sites excluding steroid dienone is 1. The number of rotatable bonds is 5. The highest BCUT2D eigenvalue weighted by Crippen LogP contribution is 2.36. The Labute approximate surface area is 185 Å². The van der Waals surface area contributed by atoms with E-state index < -0.39 is 0 Å². The lowest BCUT2D eigenvalue weighted by Gasteiger charge is -2.32. The van der Waals surface area contributed by atoms with Crippen LogP contribution >= 0.6 is 11.6 Å². The summed E-state index contributed by atoms with van der Waals surface area (Å²) in [7, 11) is 0. The molecular weight excluding hydrogens is 412 g/mol. The molecule has 1 aliphatic carbocycles. The van der Waals surface area contributed by atoms with Crippen LogP contribution in [0.3, 0.4) is 0 Å².